The number of thioether (sulfide) groups is 1. The van der Waals surface area contributed by atoms with E-state index in [-0.39, 0.29) is 17.7 Å². The van der Waals surface area contributed by atoms with Gasteiger partial charge in [0.05, 0.1) is 13.2 Å². The maximum atomic E-state index is 12.1. The molecule has 1 atom stereocenters. The van der Waals surface area contributed by atoms with Gasteiger partial charge >= 0.3 is 0 Å². The summed E-state index contributed by atoms with van der Waals surface area (Å²) in [6, 6.07) is 0.344. The van der Waals surface area contributed by atoms with Crippen LogP contribution in [0.25, 0.3) is 0 Å². The minimum absolute atomic E-state index is 0.0158. The Morgan fingerprint density at radius 2 is 2.05 bits per heavy atom. The maximum Gasteiger partial charge on any atom is 0.282 e. The Kier molecular flexibility index (Phi) is 6.98. The lowest BCUT2D eigenvalue weighted by molar-refractivity contribution is -0.121. The van der Waals surface area contributed by atoms with Crippen LogP contribution in [-0.2, 0) is 9.53 Å². The van der Waals surface area contributed by atoms with Crippen LogP contribution in [0.4, 0.5) is 4.79 Å². The third-order valence-corrected chi connectivity index (χ3v) is 4.91. The molecule has 0 radical (unpaired) electrons. The standard InChI is InChI=1S/C15H27N3O3S/c1-12(2)9-13(17-3-6-21-7-4-17)10-16-14(19)11-18-5-8-22-15(18)20/h12-13H,3-11H2,1-2H3,(H,16,19)/t13-/m1/s1. The fourth-order valence-electron chi connectivity index (χ4n) is 2.88. The predicted molar refractivity (Wildman–Crippen MR) is 88.1 cm³/mol. The molecular formula is C15H27N3O3S. The molecule has 0 aromatic heterocycles. The highest BCUT2D eigenvalue weighted by atomic mass is 32.2. The number of hydrogen-bond donors (Lipinski definition) is 1. The zero-order valence-corrected chi connectivity index (χ0v) is 14.4. The molecule has 22 heavy (non-hydrogen) atoms. The Hall–Kier alpha value is -0.790. The molecule has 2 aliphatic rings. The Labute approximate surface area is 136 Å². The molecule has 6 nitrogen and oxygen atoms in total. The van der Waals surface area contributed by atoms with E-state index in [0.29, 0.717) is 25.0 Å². The highest BCUT2D eigenvalue weighted by Gasteiger charge is 2.25. The van der Waals surface area contributed by atoms with Gasteiger partial charge in [-0.1, -0.05) is 25.6 Å². The Bertz CT molecular complexity index is 386. The quantitative estimate of drug-likeness (QED) is 0.755. The van der Waals surface area contributed by atoms with Gasteiger partial charge in [0.1, 0.15) is 6.54 Å². The topological polar surface area (TPSA) is 61.9 Å². The zero-order chi connectivity index (χ0) is 15.9. The van der Waals surface area contributed by atoms with Gasteiger partial charge in [-0.3, -0.25) is 14.5 Å². The lowest BCUT2D eigenvalue weighted by Gasteiger charge is -2.35. The molecule has 2 fully saturated rings. The molecule has 0 aliphatic carbocycles. The van der Waals surface area contributed by atoms with E-state index < -0.39 is 0 Å². The number of carbonyl (C=O) groups is 2. The van der Waals surface area contributed by atoms with E-state index in [9.17, 15) is 9.59 Å². The Balaban J connectivity index is 1.79. The number of nitrogens with one attached hydrogen (secondary N) is 1. The SMILES string of the molecule is CC(C)C[C@H](CNC(=O)CN1CCSC1=O)N1CCOCC1. The second-order valence-corrected chi connectivity index (χ2v) is 7.32. The van der Waals surface area contributed by atoms with E-state index in [0.717, 1.165) is 38.5 Å². The monoisotopic (exact) mass is 329 g/mol. The molecule has 0 unspecified atom stereocenters. The van der Waals surface area contributed by atoms with E-state index in [2.05, 4.69) is 24.1 Å². The number of rotatable bonds is 7. The molecule has 2 saturated heterocycles. The first kappa shape index (κ1) is 17.6. The lowest BCUT2D eigenvalue weighted by atomic mass is 10.0. The predicted octanol–water partition coefficient (Wildman–Crippen LogP) is 1.02. The number of nitrogens with zero attached hydrogens (tertiary/aromatic N) is 2. The average Bonchev–Trinajstić information content (AvgIpc) is 2.89. The second-order valence-electron chi connectivity index (χ2n) is 6.27. The average molecular weight is 329 g/mol. The summed E-state index contributed by atoms with van der Waals surface area (Å²) in [4.78, 5) is 27.6. The van der Waals surface area contributed by atoms with Crippen LogP contribution in [0.1, 0.15) is 20.3 Å². The molecule has 0 bridgehead atoms. The van der Waals surface area contributed by atoms with E-state index in [1.54, 1.807) is 4.90 Å². The van der Waals surface area contributed by atoms with E-state index in [1.165, 1.54) is 11.8 Å². The van der Waals surface area contributed by atoms with Gasteiger partial charge < -0.3 is 15.0 Å². The fourth-order valence-corrected chi connectivity index (χ4v) is 3.70. The van der Waals surface area contributed by atoms with Crippen molar-refractivity contribution in [2.24, 2.45) is 5.92 Å². The molecule has 2 rings (SSSR count). The van der Waals surface area contributed by atoms with Gasteiger partial charge in [-0.15, -0.1) is 0 Å². The van der Waals surface area contributed by atoms with Crippen LogP contribution in [-0.4, -0.2) is 78.7 Å². The van der Waals surface area contributed by atoms with Crippen molar-refractivity contribution < 1.29 is 14.3 Å². The summed E-state index contributed by atoms with van der Waals surface area (Å²) in [6.07, 6.45) is 1.05. The van der Waals surface area contributed by atoms with Gasteiger partial charge in [-0.25, -0.2) is 0 Å². The molecule has 126 valence electrons. The fraction of sp³-hybridized carbons (Fsp3) is 0.867. The second kappa shape index (κ2) is 8.74. The number of hydrogen-bond acceptors (Lipinski definition) is 5. The summed E-state index contributed by atoms with van der Waals surface area (Å²) in [5.74, 6) is 1.31. The number of amides is 2. The highest BCUT2D eigenvalue weighted by molar-refractivity contribution is 8.13. The van der Waals surface area contributed by atoms with Crippen molar-refractivity contribution in [1.82, 2.24) is 15.1 Å². The molecule has 0 aromatic carbocycles. The molecule has 2 aliphatic heterocycles. The largest absolute Gasteiger partial charge is 0.379 e. The smallest absolute Gasteiger partial charge is 0.282 e. The van der Waals surface area contributed by atoms with Crippen LogP contribution in [0, 0.1) is 5.92 Å². The van der Waals surface area contributed by atoms with E-state index >= 15 is 0 Å². The number of carbonyl (C=O) groups excluding carboxylic acids is 2. The van der Waals surface area contributed by atoms with Crippen molar-refractivity contribution in [2.75, 3.05) is 51.7 Å². The molecule has 0 spiro atoms. The third-order valence-electron chi connectivity index (χ3n) is 4.02. The summed E-state index contributed by atoms with van der Waals surface area (Å²) >= 11 is 1.29. The molecule has 0 saturated carbocycles. The molecule has 7 heteroatoms. The summed E-state index contributed by atoms with van der Waals surface area (Å²) in [7, 11) is 0. The summed E-state index contributed by atoms with van der Waals surface area (Å²) in [5.41, 5.74) is 0. The maximum absolute atomic E-state index is 12.1. The van der Waals surface area contributed by atoms with Crippen molar-refractivity contribution in [3.05, 3.63) is 0 Å². The normalized spacial score (nSPS) is 21.4. The minimum Gasteiger partial charge on any atom is -0.379 e. The van der Waals surface area contributed by atoms with Gasteiger partial charge in [-0.2, -0.15) is 0 Å². The number of ether oxygens (including phenoxy) is 1. The van der Waals surface area contributed by atoms with Crippen LogP contribution in [0.5, 0.6) is 0 Å². The molecule has 0 aromatic rings. The van der Waals surface area contributed by atoms with Crippen molar-refractivity contribution in [1.29, 1.82) is 0 Å². The van der Waals surface area contributed by atoms with E-state index in [1.807, 2.05) is 0 Å². The van der Waals surface area contributed by atoms with Crippen molar-refractivity contribution >= 4 is 22.9 Å². The van der Waals surface area contributed by atoms with Crippen LogP contribution >= 0.6 is 11.8 Å². The van der Waals surface area contributed by atoms with Gasteiger partial charge in [0, 0.05) is 38.0 Å². The first-order chi connectivity index (χ1) is 10.6. The zero-order valence-electron chi connectivity index (χ0n) is 13.5. The van der Waals surface area contributed by atoms with Crippen LogP contribution < -0.4 is 5.32 Å². The summed E-state index contributed by atoms with van der Waals surface area (Å²) < 4.78 is 5.41. The van der Waals surface area contributed by atoms with Gasteiger partial charge in [0.15, 0.2) is 0 Å². The highest BCUT2D eigenvalue weighted by Crippen LogP contribution is 2.16. The van der Waals surface area contributed by atoms with Crippen LogP contribution in [0.2, 0.25) is 0 Å². The van der Waals surface area contributed by atoms with Crippen molar-refractivity contribution in [2.45, 2.75) is 26.3 Å². The number of morpholine rings is 1. The van der Waals surface area contributed by atoms with Gasteiger partial charge in [-0.05, 0) is 12.3 Å². The molecule has 2 heterocycles. The minimum atomic E-state index is -0.0575. The lowest BCUT2D eigenvalue weighted by Crippen LogP contribution is -2.50. The van der Waals surface area contributed by atoms with Gasteiger partial charge in [0.2, 0.25) is 5.91 Å². The van der Waals surface area contributed by atoms with E-state index in [4.69, 9.17) is 4.74 Å². The Morgan fingerprint density at radius 3 is 2.64 bits per heavy atom. The molecule has 1 N–H and O–H groups in total. The molecule has 2 amide bonds. The summed E-state index contributed by atoms with van der Waals surface area (Å²) in [6.45, 7) is 9.29. The van der Waals surface area contributed by atoms with Crippen molar-refractivity contribution in [3.8, 4) is 0 Å². The first-order valence-corrected chi connectivity index (χ1v) is 9.05. The first-order valence-electron chi connectivity index (χ1n) is 8.06. The summed E-state index contributed by atoms with van der Waals surface area (Å²) in [5, 5.41) is 3.02. The Morgan fingerprint density at radius 1 is 1.32 bits per heavy atom. The van der Waals surface area contributed by atoms with Gasteiger partial charge in [0.25, 0.3) is 5.24 Å². The van der Waals surface area contributed by atoms with Crippen LogP contribution in [0.3, 0.4) is 0 Å². The van der Waals surface area contributed by atoms with Crippen molar-refractivity contribution in [3.63, 3.8) is 0 Å². The third kappa shape index (κ3) is 5.44. The molecular weight excluding hydrogens is 302 g/mol. The van der Waals surface area contributed by atoms with Crippen LogP contribution in [0.15, 0.2) is 0 Å².